The smallest absolute Gasteiger partial charge is 0.234 e. The molecule has 0 saturated heterocycles. The monoisotopic (exact) mass is 303 g/mol. The number of nitrogens with one attached hydrogen (secondary N) is 1. The van der Waals surface area contributed by atoms with Crippen molar-refractivity contribution in [2.75, 3.05) is 6.61 Å². The minimum atomic E-state index is -3.54. The van der Waals surface area contributed by atoms with Gasteiger partial charge in [-0.25, -0.2) is 13.1 Å². The minimum Gasteiger partial charge on any atom is -0.396 e. The molecule has 0 saturated carbocycles. The van der Waals surface area contributed by atoms with E-state index in [1.807, 2.05) is 0 Å². The quantitative estimate of drug-likeness (QED) is 0.848. The maximum Gasteiger partial charge on any atom is 0.234 e. The van der Waals surface area contributed by atoms with Crippen molar-refractivity contribution < 1.29 is 13.5 Å². The van der Waals surface area contributed by atoms with Gasteiger partial charge in [0.25, 0.3) is 0 Å². The topological polar surface area (TPSA) is 66.4 Å². The van der Waals surface area contributed by atoms with Gasteiger partial charge < -0.3 is 5.11 Å². The average molecular weight is 304 g/mol. The van der Waals surface area contributed by atoms with Crippen molar-refractivity contribution in [1.82, 2.24) is 4.72 Å². The molecule has 0 amide bonds. The van der Waals surface area contributed by atoms with Crippen LogP contribution in [0, 0.1) is 0 Å². The summed E-state index contributed by atoms with van der Waals surface area (Å²) in [5.41, 5.74) is 0.0625. The van der Waals surface area contributed by atoms with Crippen LogP contribution >= 0.6 is 11.6 Å². The number of hydrogen-bond acceptors (Lipinski definition) is 3. The standard InChI is InChI=1S/C13H18ClNO3S/c1-13(2,8-9-16)15-19(17,18)10-7-11-3-5-12(14)6-4-11/h3-7,10,15-16H,8-9H2,1-2H3/b10-7+. The van der Waals surface area contributed by atoms with Crippen LogP contribution in [-0.2, 0) is 10.0 Å². The maximum absolute atomic E-state index is 11.9. The zero-order valence-corrected chi connectivity index (χ0v) is 12.5. The molecule has 1 aromatic rings. The van der Waals surface area contributed by atoms with Crippen molar-refractivity contribution in [3.63, 3.8) is 0 Å². The first-order chi connectivity index (χ1) is 8.74. The molecule has 1 rings (SSSR count). The van der Waals surface area contributed by atoms with E-state index in [4.69, 9.17) is 16.7 Å². The van der Waals surface area contributed by atoms with Gasteiger partial charge in [0.2, 0.25) is 10.0 Å². The van der Waals surface area contributed by atoms with Gasteiger partial charge in [0.1, 0.15) is 0 Å². The SMILES string of the molecule is CC(C)(CCO)NS(=O)(=O)/C=C/c1ccc(Cl)cc1. The highest BCUT2D eigenvalue weighted by Crippen LogP contribution is 2.13. The Morgan fingerprint density at radius 3 is 2.42 bits per heavy atom. The summed E-state index contributed by atoms with van der Waals surface area (Å²) in [5, 5.41) is 10.6. The van der Waals surface area contributed by atoms with Gasteiger partial charge in [-0.15, -0.1) is 0 Å². The Bertz CT molecular complexity index is 536. The van der Waals surface area contributed by atoms with E-state index in [2.05, 4.69) is 4.72 Å². The molecule has 0 radical (unpaired) electrons. The number of aliphatic hydroxyl groups excluding tert-OH is 1. The number of benzene rings is 1. The minimum absolute atomic E-state index is 0.0730. The number of aliphatic hydroxyl groups is 1. The lowest BCUT2D eigenvalue weighted by Gasteiger charge is -2.23. The number of hydrogen-bond donors (Lipinski definition) is 2. The molecule has 2 N–H and O–H groups in total. The van der Waals surface area contributed by atoms with Gasteiger partial charge in [-0.2, -0.15) is 0 Å². The van der Waals surface area contributed by atoms with Crippen LogP contribution in [0.4, 0.5) is 0 Å². The van der Waals surface area contributed by atoms with E-state index in [1.54, 1.807) is 38.1 Å². The molecular formula is C13H18ClNO3S. The van der Waals surface area contributed by atoms with Crippen molar-refractivity contribution in [3.05, 3.63) is 40.3 Å². The van der Waals surface area contributed by atoms with Crippen LogP contribution in [0.3, 0.4) is 0 Å². The summed E-state index contributed by atoms with van der Waals surface area (Å²) in [6.07, 6.45) is 1.84. The fraction of sp³-hybridized carbons (Fsp3) is 0.385. The molecule has 6 heteroatoms. The van der Waals surface area contributed by atoms with Crippen molar-refractivity contribution in [3.8, 4) is 0 Å². The van der Waals surface area contributed by atoms with Gasteiger partial charge >= 0.3 is 0 Å². The van der Waals surface area contributed by atoms with E-state index in [0.717, 1.165) is 11.0 Å². The molecule has 0 heterocycles. The number of halogens is 1. The van der Waals surface area contributed by atoms with Crippen molar-refractivity contribution in [2.45, 2.75) is 25.8 Å². The van der Waals surface area contributed by atoms with Crippen LogP contribution in [0.25, 0.3) is 6.08 Å². The van der Waals surface area contributed by atoms with E-state index < -0.39 is 15.6 Å². The fourth-order valence-electron chi connectivity index (χ4n) is 1.49. The largest absolute Gasteiger partial charge is 0.396 e. The second kappa shape index (κ2) is 6.52. The lowest BCUT2D eigenvalue weighted by Crippen LogP contribution is -2.42. The second-order valence-electron chi connectivity index (χ2n) is 4.86. The van der Waals surface area contributed by atoms with Gasteiger partial charge in [-0.3, -0.25) is 0 Å². The van der Waals surface area contributed by atoms with E-state index in [-0.39, 0.29) is 6.61 Å². The molecule has 106 valence electrons. The molecule has 19 heavy (non-hydrogen) atoms. The number of sulfonamides is 1. The molecule has 0 aliphatic carbocycles. The molecule has 0 aliphatic rings. The molecule has 0 atom stereocenters. The molecule has 0 fully saturated rings. The Balaban J connectivity index is 2.77. The van der Waals surface area contributed by atoms with E-state index >= 15 is 0 Å². The summed E-state index contributed by atoms with van der Waals surface area (Å²) >= 11 is 5.75. The van der Waals surface area contributed by atoms with E-state index in [9.17, 15) is 8.42 Å². The maximum atomic E-state index is 11.9. The molecule has 0 unspecified atom stereocenters. The Hall–Kier alpha value is -0.880. The Labute approximate surface area is 119 Å². The predicted molar refractivity (Wildman–Crippen MR) is 78.3 cm³/mol. The first-order valence-electron chi connectivity index (χ1n) is 5.83. The van der Waals surface area contributed by atoms with Crippen molar-refractivity contribution >= 4 is 27.7 Å². The predicted octanol–water partition coefficient (Wildman–Crippen LogP) is 2.39. The van der Waals surface area contributed by atoms with Gasteiger partial charge in [0.15, 0.2) is 0 Å². The van der Waals surface area contributed by atoms with Gasteiger partial charge in [0, 0.05) is 22.6 Å². The van der Waals surface area contributed by atoms with Crippen molar-refractivity contribution in [2.24, 2.45) is 0 Å². The second-order valence-corrected chi connectivity index (χ2v) is 6.86. The molecule has 0 aliphatic heterocycles. The average Bonchev–Trinajstić information content (AvgIpc) is 2.26. The van der Waals surface area contributed by atoms with Crippen LogP contribution < -0.4 is 4.72 Å². The summed E-state index contributed by atoms with van der Waals surface area (Å²) in [4.78, 5) is 0. The molecular weight excluding hydrogens is 286 g/mol. The van der Waals surface area contributed by atoms with Crippen LogP contribution in [0.1, 0.15) is 25.8 Å². The third-order valence-corrected chi connectivity index (χ3v) is 4.05. The summed E-state index contributed by atoms with van der Waals surface area (Å²) < 4.78 is 26.2. The molecule has 1 aromatic carbocycles. The molecule has 0 bridgehead atoms. The Morgan fingerprint density at radius 2 is 1.89 bits per heavy atom. The molecule has 0 spiro atoms. The van der Waals surface area contributed by atoms with Gasteiger partial charge in [-0.05, 0) is 44.0 Å². The van der Waals surface area contributed by atoms with Gasteiger partial charge in [0.05, 0.1) is 0 Å². The summed E-state index contributed by atoms with van der Waals surface area (Å²) in [6.45, 7) is 3.37. The fourth-order valence-corrected chi connectivity index (χ4v) is 2.89. The van der Waals surface area contributed by atoms with E-state index in [0.29, 0.717) is 11.4 Å². The molecule has 4 nitrogen and oxygen atoms in total. The van der Waals surface area contributed by atoms with Crippen LogP contribution in [0.15, 0.2) is 29.7 Å². The normalized spacial score (nSPS) is 13.1. The third kappa shape index (κ3) is 6.20. The first kappa shape index (κ1) is 16.2. The highest BCUT2D eigenvalue weighted by Gasteiger charge is 2.22. The summed E-state index contributed by atoms with van der Waals surface area (Å²) in [5.74, 6) is 0. The van der Waals surface area contributed by atoms with Gasteiger partial charge in [-0.1, -0.05) is 23.7 Å². The molecule has 0 aromatic heterocycles. The lowest BCUT2D eigenvalue weighted by molar-refractivity contribution is 0.246. The summed E-state index contributed by atoms with van der Waals surface area (Å²) in [6, 6.07) is 6.84. The lowest BCUT2D eigenvalue weighted by atomic mass is 10.0. The van der Waals surface area contributed by atoms with Crippen LogP contribution in [-0.4, -0.2) is 25.7 Å². The van der Waals surface area contributed by atoms with Crippen LogP contribution in [0.5, 0.6) is 0 Å². The Morgan fingerprint density at radius 1 is 1.32 bits per heavy atom. The zero-order valence-electron chi connectivity index (χ0n) is 10.9. The third-order valence-electron chi connectivity index (χ3n) is 2.47. The van der Waals surface area contributed by atoms with Crippen LogP contribution in [0.2, 0.25) is 5.02 Å². The highest BCUT2D eigenvalue weighted by atomic mass is 35.5. The first-order valence-corrected chi connectivity index (χ1v) is 7.75. The highest BCUT2D eigenvalue weighted by molar-refractivity contribution is 7.92. The van der Waals surface area contributed by atoms with Crippen molar-refractivity contribution in [1.29, 1.82) is 0 Å². The zero-order chi connectivity index (χ0) is 14.5. The van der Waals surface area contributed by atoms with E-state index in [1.165, 1.54) is 6.08 Å². The number of rotatable bonds is 6. The summed E-state index contributed by atoms with van der Waals surface area (Å²) in [7, 11) is -3.54. The Kier molecular flexibility index (Phi) is 5.55.